The molecule has 0 saturated carbocycles. The summed E-state index contributed by atoms with van der Waals surface area (Å²) in [5.74, 6) is 0. The molecule has 2 aliphatic heterocycles. The lowest BCUT2D eigenvalue weighted by Crippen LogP contribution is -2.16. The number of H-pyrrole nitrogens is 2. The van der Waals surface area contributed by atoms with Crippen molar-refractivity contribution in [3.8, 4) is 0 Å². The highest BCUT2D eigenvalue weighted by Crippen LogP contribution is 2.45. The van der Waals surface area contributed by atoms with Crippen molar-refractivity contribution in [2.24, 2.45) is 9.98 Å². The van der Waals surface area contributed by atoms with E-state index in [0.29, 0.717) is 0 Å². The van der Waals surface area contributed by atoms with E-state index in [1.807, 2.05) is 24.3 Å². The molecular formula is C48H56N6O4. The van der Waals surface area contributed by atoms with Gasteiger partial charge in [-0.05, 0) is 145 Å². The van der Waals surface area contributed by atoms with Gasteiger partial charge in [-0.3, -0.25) is 20.2 Å². The Balaban J connectivity index is 1.72. The summed E-state index contributed by atoms with van der Waals surface area (Å²) in [5, 5.41) is 23.5. The lowest BCUT2D eigenvalue weighted by molar-refractivity contribution is -0.385. The Morgan fingerprint density at radius 1 is 0.483 bits per heavy atom. The van der Waals surface area contributed by atoms with Gasteiger partial charge in [-0.15, -0.1) is 0 Å². The number of rotatable bonds is 15. The van der Waals surface area contributed by atoms with Crippen molar-refractivity contribution < 1.29 is 9.85 Å². The van der Waals surface area contributed by atoms with Crippen LogP contribution in [0.4, 0.5) is 11.4 Å². The van der Waals surface area contributed by atoms with Crippen molar-refractivity contribution in [2.45, 2.75) is 121 Å². The third kappa shape index (κ3) is 7.14. The first-order valence-electron chi connectivity index (χ1n) is 20.9. The van der Waals surface area contributed by atoms with E-state index in [1.54, 1.807) is 24.3 Å². The molecule has 0 fully saturated rings. The lowest BCUT2D eigenvalue weighted by Gasteiger charge is -2.15. The van der Waals surface area contributed by atoms with Crippen LogP contribution in [0.15, 0.2) is 92.2 Å². The van der Waals surface area contributed by atoms with Gasteiger partial charge < -0.3 is 9.97 Å². The maximum absolute atomic E-state index is 11.8. The van der Waals surface area contributed by atoms with Gasteiger partial charge in [0.05, 0.1) is 44.1 Å². The van der Waals surface area contributed by atoms with Crippen LogP contribution in [0.5, 0.6) is 0 Å². The molecule has 4 aromatic rings. The van der Waals surface area contributed by atoms with Gasteiger partial charge in [-0.2, -0.15) is 0 Å². The molecule has 2 aromatic carbocycles. The molecule has 6 rings (SSSR count). The van der Waals surface area contributed by atoms with E-state index in [4.69, 9.17) is 9.98 Å². The summed E-state index contributed by atoms with van der Waals surface area (Å²) in [6.07, 6.45) is 6.36. The number of nitrogens with one attached hydrogen (secondary N) is 2. The molecule has 10 nitrogen and oxygen atoms in total. The van der Waals surface area contributed by atoms with Crippen molar-refractivity contribution >= 4 is 33.9 Å². The fourth-order valence-electron chi connectivity index (χ4n) is 9.29. The van der Waals surface area contributed by atoms with E-state index in [9.17, 15) is 20.2 Å². The summed E-state index contributed by atoms with van der Waals surface area (Å²) in [6, 6.07) is 13.7. The summed E-state index contributed by atoms with van der Waals surface area (Å²) in [7, 11) is 0. The van der Waals surface area contributed by atoms with Gasteiger partial charge in [0.15, 0.2) is 0 Å². The van der Waals surface area contributed by atoms with Crippen molar-refractivity contribution in [2.75, 3.05) is 0 Å². The number of hydrogen-bond acceptors (Lipinski definition) is 6. The standard InChI is InChI=1S/C48H56N6O4/c1-11-33-27(9)49-43(35(33)13-3)41(29-19-23-31(24-20-29)53(55)56)45-37(15-5)39(17-7)47(51-45)48-40(18-8)38(16-6)46(52-48)42(30-21-25-32(26-22-30)54(57)58)44-36(14-4)34(12-2)28(10)50-44/h19-26,49-50H,11-18H2,1-10H3/b45-41-,46-42+. The number of benzene rings is 2. The van der Waals surface area contributed by atoms with Crippen LogP contribution in [0.3, 0.4) is 0 Å². The third-order valence-corrected chi connectivity index (χ3v) is 11.9. The van der Waals surface area contributed by atoms with Crippen LogP contribution in [0.25, 0.3) is 11.1 Å². The van der Waals surface area contributed by atoms with E-state index in [-0.39, 0.29) is 21.2 Å². The average Bonchev–Trinajstić information content (AvgIpc) is 3.96. The van der Waals surface area contributed by atoms with Crippen LogP contribution < -0.4 is 0 Å². The number of non-ortho nitro benzene ring substituents is 2. The average molecular weight is 781 g/mol. The van der Waals surface area contributed by atoms with Crippen molar-refractivity contribution in [3.05, 3.63) is 159 Å². The molecule has 0 spiro atoms. The second-order valence-electron chi connectivity index (χ2n) is 14.9. The molecule has 2 aliphatic rings. The minimum atomic E-state index is -0.361. The van der Waals surface area contributed by atoms with E-state index in [1.165, 1.54) is 22.3 Å². The number of hydrogen-bond donors (Lipinski definition) is 2. The van der Waals surface area contributed by atoms with Crippen LogP contribution in [0.2, 0.25) is 0 Å². The van der Waals surface area contributed by atoms with E-state index >= 15 is 0 Å². The smallest absolute Gasteiger partial charge is 0.269 e. The number of aromatic nitrogens is 2. The molecule has 4 heterocycles. The molecular weight excluding hydrogens is 725 g/mol. The molecule has 0 aliphatic carbocycles. The Morgan fingerprint density at radius 2 is 0.793 bits per heavy atom. The van der Waals surface area contributed by atoms with E-state index in [2.05, 4.69) is 79.2 Å². The van der Waals surface area contributed by atoms with Crippen molar-refractivity contribution in [1.29, 1.82) is 0 Å². The van der Waals surface area contributed by atoms with Crippen LogP contribution in [0, 0.1) is 34.1 Å². The molecule has 10 heteroatoms. The van der Waals surface area contributed by atoms with Crippen molar-refractivity contribution in [3.63, 3.8) is 0 Å². The molecule has 2 N–H and O–H groups in total. The quantitative estimate of drug-likeness (QED) is 0.0914. The normalized spacial score (nSPS) is 16.0. The minimum Gasteiger partial charge on any atom is -0.358 e. The third-order valence-electron chi connectivity index (χ3n) is 11.9. The predicted octanol–water partition coefficient (Wildman–Crippen LogP) is 12.4. The number of aliphatic imine (C=N–C) groups is 2. The Labute approximate surface area is 342 Å². The zero-order valence-corrected chi connectivity index (χ0v) is 35.7. The monoisotopic (exact) mass is 780 g/mol. The minimum absolute atomic E-state index is 0.0414. The zero-order valence-electron chi connectivity index (χ0n) is 35.7. The number of nitro groups is 2. The first-order chi connectivity index (χ1) is 27.9. The molecule has 58 heavy (non-hydrogen) atoms. The summed E-state index contributed by atoms with van der Waals surface area (Å²) < 4.78 is 0. The van der Waals surface area contributed by atoms with Gasteiger partial charge in [0.2, 0.25) is 0 Å². The van der Waals surface area contributed by atoms with Gasteiger partial charge in [-0.1, -0.05) is 55.4 Å². The number of allylic oxidation sites excluding steroid dienone is 4. The number of aryl methyl sites for hydroxylation is 2. The van der Waals surface area contributed by atoms with Crippen molar-refractivity contribution in [1.82, 2.24) is 9.97 Å². The molecule has 0 bridgehead atoms. The molecule has 0 saturated heterocycles. The van der Waals surface area contributed by atoms with Gasteiger partial charge >= 0.3 is 0 Å². The maximum atomic E-state index is 11.8. The van der Waals surface area contributed by atoms with Gasteiger partial charge in [0.1, 0.15) is 0 Å². The molecule has 2 aromatic heterocycles. The molecule has 302 valence electrons. The topological polar surface area (TPSA) is 143 Å². The molecule has 0 radical (unpaired) electrons. The first-order valence-corrected chi connectivity index (χ1v) is 20.9. The molecule has 0 amide bonds. The van der Waals surface area contributed by atoms with E-state index < -0.39 is 0 Å². The van der Waals surface area contributed by atoms with Gasteiger partial charge in [0, 0.05) is 46.8 Å². The molecule has 0 atom stereocenters. The fourth-order valence-corrected chi connectivity index (χ4v) is 9.29. The summed E-state index contributed by atoms with van der Waals surface area (Å²) in [5.41, 5.74) is 21.0. The number of nitrogens with zero attached hydrogens (tertiary/aromatic N) is 4. The largest absolute Gasteiger partial charge is 0.358 e. The summed E-state index contributed by atoms with van der Waals surface area (Å²) in [6.45, 7) is 21.6. The zero-order chi connectivity index (χ0) is 42.0. The number of nitro benzene ring substituents is 2. The van der Waals surface area contributed by atoms with Crippen LogP contribution in [0.1, 0.15) is 137 Å². The Kier molecular flexibility index (Phi) is 12.4. The Hall–Kier alpha value is -5.90. The van der Waals surface area contributed by atoms with Gasteiger partial charge in [-0.25, -0.2) is 9.98 Å². The SMILES string of the molecule is CCC1=C(CC)/C(=C(\c2ccc([N+](=O)[O-])cc2)c2[nH]c(C)c(CC)c2CC)N=C1C1=N/C(=C(\c2ccc([N+](=O)[O-])cc2)c2[nH]c(C)c(CC)c2CC)C(CC)=C1CC. The van der Waals surface area contributed by atoms with Crippen LogP contribution >= 0.6 is 0 Å². The highest BCUT2D eigenvalue weighted by Gasteiger charge is 2.36. The highest BCUT2D eigenvalue weighted by atomic mass is 16.6. The Bertz CT molecular complexity index is 2310. The maximum Gasteiger partial charge on any atom is 0.269 e. The second kappa shape index (κ2) is 17.3. The van der Waals surface area contributed by atoms with E-state index in [0.717, 1.165) is 142 Å². The molecule has 0 unspecified atom stereocenters. The van der Waals surface area contributed by atoms with Gasteiger partial charge in [0.25, 0.3) is 11.4 Å². The summed E-state index contributed by atoms with van der Waals surface area (Å²) >= 11 is 0. The lowest BCUT2D eigenvalue weighted by atomic mass is 9.88. The first kappa shape index (κ1) is 41.7. The predicted molar refractivity (Wildman–Crippen MR) is 237 cm³/mol. The van der Waals surface area contributed by atoms with Crippen LogP contribution in [-0.2, 0) is 25.7 Å². The highest BCUT2D eigenvalue weighted by molar-refractivity contribution is 6.55. The second-order valence-corrected chi connectivity index (χ2v) is 14.9. The van der Waals surface area contributed by atoms with Crippen LogP contribution in [-0.4, -0.2) is 31.2 Å². The fraction of sp³-hybridized carbons (Fsp3) is 0.375. The Morgan fingerprint density at radius 3 is 1.05 bits per heavy atom. The number of aromatic amines is 2. The summed E-state index contributed by atoms with van der Waals surface area (Å²) in [4.78, 5) is 41.5.